The van der Waals surface area contributed by atoms with Crippen LogP contribution in [0.3, 0.4) is 0 Å². The number of nitrogens with one attached hydrogen (secondary N) is 2. The molecule has 8 nitrogen and oxygen atoms in total. The van der Waals surface area contributed by atoms with E-state index in [1.165, 1.54) is 42.5 Å². The van der Waals surface area contributed by atoms with Crippen molar-refractivity contribution < 1.29 is 23.1 Å². The fourth-order valence-electron chi connectivity index (χ4n) is 3.49. The van der Waals surface area contributed by atoms with Crippen molar-refractivity contribution in [1.29, 1.82) is 0 Å². The zero-order valence-corrected chi connectivity index (χ0v) is 16.7. The normalized spacial score (nSPS) is 16.6. The minimum absolute atomic E-state index is 0.0102. The van der Waals surface area contributed by atoms with Crippen molar-refractivity contribution in [2.75, 3.05) is 13.2 Å². The van der Waals surface area contributed by atoms with Crippen LogP contribution in [0.4, 0.5) is 0 Å². The lowest BCUT2D eigenvalue weighted by Gasteiger charge is -2.12. The van der Waals surface area contributed by atoms with E-state index in [0.717, 1.165) is 12.8 Å². The van der Waals surface area contributed by atoms with Gasteiger partial charge in [-0.3, -0.25) is 9.59 Å². The fourth-order valence-corrected chi connectivity index (χ4v) is 4.90. The van der Waals surface area contributed by atoms with Crippen LogP contribution in [0.5, 0.6) is 5.75 Å². The first-order chi connectivity index (χ1) is 14.4. The first kappa shape index (κ1) is 20.1. The van der Waals surface area contributed by atoms with Gasteiger partial charge in [0.2, 0.25) is 9.84 Å². The van der Waals surface area contributed by atoms with E-state index in [9.17, 15) is 23.1 Å². The maximum atomic E-state index is 12.8. The maximum absolute atomic E-state index is 12.8. The number of fused-ring (bicyclic) bond motifs is 1. The molecular weight excluding hydrogens is 408 g/mol. The van der Waals surface area contributed by atoms with E-state index in [1.807, 2.05) is 0 Å². The number of carbonyl (C=O) groups excluding carboxylic acids is 1. The number of aromatic amines is 1. The van der Waals surface area contributed by atoms with Crippen LogP contribution >= 0.6 is 0 Å². The molecule has 156 valence electrons. The Labute approximate surface area is 172 Å². The number of hydrogen-bond donors (Lipinski definition) is 3. The quantitative estimate of drug-likeness (QED) is 0.571. The average Bonchev–Trinajstić information content (AvgIpc) is 3.25. The van der Waals surface area contributed by atoms with Gasteiger partial charge in [0.1, 0.15) is 5.75 Å². The van der Waals surface area contributed by atoms with E-state index < -0.39 is 26.0 Å². The molecule has 1 atom stereocenters. The van der Waals surface area contributed by atoms with Crippen LogP contribution in [0.15, 0.2) is 63.1 Å². The van der Waals surface area contributed by atoms with Gasteiger partial charge in [-0.25, -0.2) is 8.42 Å². The molecule has 0 unspecified atom stereocenters. The molecule has 1 aliphatic rings. The van der Waals surface area contributed by atoms with Gasteiger partial charge >= 0.3 is 0 Å². The molecule has 1 aromatic heterocycles. The van der Waals surface area contributed by atoms with Gasteiger partial charge in [-0.05, 0) is 43.2 Å². The highest BCUT2D eigenvalue weighted by Crippen LogP contribution is 2.31. The summed E-state index contributed by atoms with van der Waals surface area (Å²) >= 11 is 0. The van der Waals surface area contributed by atoms with Crippen LogP contribution in [0.1, 0.15) is 23.2 Å². The molecule has 0 radical (unpaired) electrons. The molecule has 3 N–H and O–H groups in total. The second-order valence-electron chi connectivity index (χ2n) is 7.05. The molecule has 0 aliphatic carbocycles. The van der Waals surface area contributed by atoms with Gasteiger partial charge in [-0.1, -0.05) is 18.2 Å². The molecule has 4 rings (SSSR count). The first-order valence-electron chi connectivity index (χ1n) is 9.47. The maximum Gasteiger partial charge on any atom is 0.271 e. The summed E-state index contributed by atoms with van der Waals surface area (Å²) < 4.78 is 31.2. The average molecular weight is 428 g/mol. The van der Waals surface area contributed by atoms with Crippen LogP contribution in [0.25, 0.3) is 10.9 Å². The molecule has 2 heterocycles. The summed E-state index contributed by atoms with van der Waals surface area (Å²) in [5.74, 6) is -1.00. The number of pyridine rings is 1. The van der Waals surface area contributed by atoms with E-state index in [-0.39, 0.29) is 33.4 Å². The van der Waals surface area contributed by atoms with Gasteiger partial charge < -0.3 is 20.1 Å². The number of aromatic hydroxyl groups is 1. The molecular formula is C21H20N2O6S. The van der Waals surface area contributed by atoms with Crippen LogP contribution in [-0.4, -0.2) is 43.7 Å². The fraction of sp³-hybridized carbons (Fsp3) is 0.238. The van der Waals surface area contributed by atoms with Crippen molar-refractivity contribution in [2.24, 2.45) is 0 Å². The van der Waals surface area contributed by atoms with Gasteiger partial charge in [0.05, 0.1) is 16.5 Å². The summed E-state index contributed by atoms with van der Waals surface area (Å²) in [7, 11) is -4.22. The van der Waals surface area contributed by atoms with Gasteiger partial charge in [-0.2, -0.15) is 0 Å². The third kappa shape index (κ3) is 3.69. The Morgan fingerprint density at radius 1 is 1.20 bits per heavy atom. The summed E-state index contributed by atoms with van der Waals surface area (Å²) in [6, 6.07) is 11.7. The lowest BCUT2D eigenvalue weighted by Crippen LogP contribution is -2.31. The minimum atomic E-state index is -4.22. The highest BCUT2D eigenvalue weighted by Gasteiger charge is 2.27. The van der Waals surface area contributed by atoms with Crippen molar-refractivity contribution in [3.05, 3.63) is 64.4 Å². The number of amides is 1. The third-order valence-electron chi connectivity index (χ3n) is 5.04. The van der Waals surface area contributed by atoms with Crippen molar-refractivity contribution in [2.45, 2.75) is 28.7 Å². The Balaban J connectivity index is 1.69. The van der Waals surface area contributed by atoms with Crippen LogP contribution < -0.4 is 10.9 Å². The summed E-state index contributed by atoms with van der Waals surface area (Å²) in [6.45, 7) is 1.07. The Morgan fingerprint density at radius 2 is 1.97 bits per heavy atom. The largest absolute Gasteiger partial charge is 0.506 e. The van der Waals surface area contributed by atoms with E-state index in [1.54, 1.807) is 6.07 Å². The SMILES string of the molecule is O=C(NC[C@H]1CCCO1)c1ccc2c(O)c(S(=O)(=O)c3ccccc3)c(=O)[nH]c2c1. The molecule has 1 fully saturated rings. The molecule has 9 heteroatoms. The molecule has 1 amide bonds. The van der Waals surface area contributed by atoms with Gasteiger partial charge in [0.25, 0.3) is 11.5 Å². The zero-order valence-electron chi connectivity index (χ0n) is 15.9. The van der Waals surface area contributed by atoms with Crippen molar-refractivity contribution in [3.8, 4) is 5.75 Å². The summed E-state index contributed by atoms with van der Waals surface area (Å²) in [5.41, 5.74) is -0.524. The number of rotatable bonds is 5. The first-order valence-corrected chi connectivity index (χ1v) is 10.9. The van der Waals surface area contributed by atoms with E-state index in [0.29, 0.717) is 13.2 Å². The van der Waals surface area contributed by atoms with Crippen LogP contribution in [-0.2, 0) is 14.6 Å². The third-order valence-corrected chi connectivity index (χ3v) is 6.85. The highest BCUT2D eigenvalue weighted by atomic mass is 32.2. The van der Waals surface area contributed by atoms with Crippen LogP contribution in [0, 0.1) is 0 Å². The number of sulfone groups is 1. The second kappa shape index (κ2) is 7.92. The Morgan fingerprint density at radius 3 is 2.67 bits per heavy atom. The summed E-state index contributed by atoms with van der Waals surface area (Å²) in [5, 5.41) is 13.5. The smallest absolute Gasteiger partial charge is 0.271 e. The van der Waals surface area contributed by atoms with Gasteiger partial charge in [-0.15, -0.1) is 0 Å². The second-order valence-corrected chi connectivity index (χ2v) is 8.94. The number of aromatic nitrogens is 1. The summed E-state index contributed by atoms with van der Waals surface area (Å²) in [4.78, 5) is 26.6. The molecule has 30 heavy (non-hydrogen) atoms. The molecule has 0 bridgehead atoms. The minimum Gasteiger partial charge on any atom is -0.506 e. The topological polar surface area (TPSA) is 126 Å². The summed E-state index contributed by atoms with van der Waals surface area (Å²) in [6.07, 6.45) is 1.84. The zero-order chi connectivity index (χ0) is 21.3. The lowest BCUT2D eigenvalue weighted by molar-refractivity contribution is 0.0858. The predicted molar refractivity (Wildman–Crippen MR) is 109 cm³/mol. The van der Waals surface area contributed by atoms with E-state index in [2.05, 4.69) is 10.3 Å². The molecule has 3 aromatic rings. The molecule has 0 saturated carbocycles. The van der Waals surface area contributed by atoms with Gasteiger partial charge in [0, 0.05) is 24.1 Å². The van der Waals surface area contributed by atoms with Crippen molar-refractivity contribution >= 4 is 26.6 Å². The predicted octanol–water partition coefficient (Wildman–Crippen LogP) is 1.98. The monoisotopic (exact) mass is 428 g/mol. The lowest BCUT2D eigenvalue weighted by atomic mass is 10.1. The highest BCUT2D eigenvalue weighted by molar-refractivity contribution is 7.91. The molecule has 0 spiro atoms. The molecule has 2 aromatic carbocycles. The van der Waals surface area contributed by atoms with Crippen LogP contribution in [0.2, 0.25) is 0 Å². The molecule has 1 aliphatic heterocycles. The Bertz CT molecular complexity index is 1260. The Kier molecular flexibility index (Phi) is 5.31. The number of H-pyrrole nitrogens is 1. The Hall–Kier alpha value is -3.17. The van der Waals surface area contributed by atoms with Gasteiger partial charge in [0.15, 0.2) is 4.90 Å². The molecule has 1 saturated heterocycles. The standard InChI is InChI=1S/C21H20N2O6S/c24-18-16-9-8-13(20(25)22-12-14-5-4-10-29-14)11-17(16)23-21(26)19(18)30(27,28)15-6-2-1-3-7-15/h1-3,6-9,11,14H,4-5,10,12H2,(H,22,25)(H2,23,24,26)/t14-/m1/s1. The number of hydrogen-bond acceptors (Lipinski definition) is 6. The number of benzene rings is 2. The van der Waals surface area contributed by atoms with E-state index in [4.69, 9.17) is 4.74 Å². The number of carbonyl (C=O) groups is 1. The number of ether oxygens (including phenoxy) is 1. The van der Waals surface area contributed by atoms with Crippen molar-refractivity contribution in [1.82, 2.24) is 10.3 Å². The van der Waals surface area contributed by atoms with E-state index >= 15 is 0 Å². The van der Waals surface area contributed by atoms with Crippen molar-refractivity contribution in [3.63, 3.8) is 0 Å².